The third-order valence-corrected chi connectivity index (χ3v) is 4.05. The van der Waals surface area contributed by atoms with Crippen LogP contribution in [0.15, 0.2) is 16.6 Å². The number of hydrogen-bond donors (Lipinski definition) is 1. The molecule has 0 heterocycles. The van der Waals surface area contributed by atoms with E-state index >= 15 is 0 Å². The van der Waals surface area contributed by atoms with E-state index in [-0.39, 0.29) is 12.0 Å². The zero-order chi connectivity index (χ0) is 11.1. The first kappa shape index (κ1) is 11.2. The van der Waals surface area contributed by atoms with Crippen LogP contribution in [0, 0.1) is 0 Å². The van der Waals surface area contributed by atoms with Crippen LogP contribution < -0.4 is 0 Å². The molecule has 0 aliphatic heterocycles. The third-order valence-electron chi connectivity index (χ3n) is 3.34. The second-order valence-corrected chi connectivity index (χ2v) is 5.85. The predicted octanol–water partition coefficient (Wildman–Crippen LogP) is 3.21. The fourth-order valence-electron chi connectivity index (χ4n) is 2.13. The maximum atomic E-state index is 9.37. The molecule has 1 nitrogen and oxygen atoms in total. The smallest absolute Gasteiger partial charge is 0.0522 e. The van der Waals surface area contributed by atoms with Crippen molar-refractivity contribution in [2.75, 3.05) is 6.61 Å². The SMILES string of the molecule is CC(C)(CO)c1cc(Br)c2c(c1)CCC2. The number of aryl methyl sites for hydroxylation is 1. The Morgan fingerprint density at radius 3 is 2.73 bits per heavy atom. The molecule has 2 rings (SSSR count). The van der Waals surface area contributed by atoms with Crippen molar-refractivity contribution in [1.82, 2.24) is 0 Å². The normalized spacial score (nSPS) is 15.5. The largest absolute Gasteiger partial charge is 0.395 e. The van der Waals surface area contributed by atoms with Crippen LogP contribution in [-0.4, -0.2) is 11.7 Å². The Kier molecular flexibility index (Phi) is 2.91. The third kappa shape index (κ3) is 1.98. The molecular formula is C13H17BrO. The highest BCUT2D eigenvalue weighted by Gasteiger charge is 2.23. The average molecular weight is 269 g/mol. The molecule has 0 atom stereocenters. The molecule has 1 aromatic rings. The van der Waals surface area contributed by atoms with Gasteiger partial charge in [0.2, 0.25) is 0 Å². The summed E-state index contributed by atoms with van der Waals surface area (Å²) in [6, 6.07) is 4.43. The number of benzene rings is 1. The summed E-state index contributed by atoms with van der Waals surface area (Å²) in [4.78, 5) is 0. The van der Waals surface area contributed by atoms with Gasteiger partial charge in [0.1, 0.15) is 0 Å². The Bertz CT molecular complexity index is 382. The van der Waals surface area contributed by atoms with Crippen LogP contribution in [0.4, 0.5) is 0 Å². The van der Waals surface area contributed by atoms with Crippen molar-refractivity contribution < 1.29 is 5.11 Å². The standard InChI is InChI=1S/C13H17BrO/c1-13(2,8-15)10-6-9-4-3-5-11(9)12(14)7-10/h6-7,15H,3-5,8H2,1-2H3. The summed E-state index contributed by atoms with van der Waals surface area (Å²) in [5.74, 6) is 0. The van der Waals surface area contributed by atoms with Gasteiger partial charge in [-0.2, -0.15) is 0 Å². The molecule has 0 saturated carbocycles. The molecule has 1 aromatic carbocycles. The Morgan fingerprint density at radius 1 is 1.33 bits per heavy atom. The van der Waals surface area contributed by atoms with E-state index < -0.39 is 0 Å². The molecule has 1 N–H and O–H groups in total. The Morgan fingerprint density at radius 2 is 2.07 bits per heavy atom. The predicted molar refractivity (Wildman–Crippen MR) is 66.3 cm³/mol. The van der Waals surface area contributed by atoms with Crippen LogP contribution in [0.1, 0.15) is 37.0 Å². The van der Waals surface area contributed by atoms with E-state index in [0.717, 1.165) is 0 Å². The van der Waals surface area contributed by atoms with Gasteiger partial charge in [-0.05, 0) is 42.0 Å². The summed E-state index contributed by atoms with van der Waals surface area (Å²) in [6.45, 7) is 4.35. The van der Waals surface area contributed by atoms with Crippen LogP contribution in [0.2, 0.25) is 0 Å². The number of hydrogen-bond acceptors (Lipinski definition) is 1. The highest BCUT2D eigenvalue weighted by molar-refractivity contribution is 9.10. The van der Waals surface area contributed by atoms with Crippen molar-refractivity contribution in [3.05, 3.63) is 33.3 Å². The molecule has 2 heteroatoms. The average Bonchev–Trinajstić information content (AvgIpc) is 2.66. The Hall–Kier alpha value is -0.340. The fourth-order valence-corrected chi connectivity index (χ4v) is 2.83. The van der Waals surface area contributed by atoms with E-state index in [4.69, 9.17) is 0 Å². The maximum absolute atomic E-state index is 9.37. The zero-order valence-electron chi connectivity index (χ0n) is 9.31. The van der Waals surface area contributed by atoms with Gasteiger partial charge in [0.25, 0.3) is 0 Å². The Balaban J connectivity index is 2.48. The van der Waals surface area contributed by atoms with E-state index in [2.05, 4.69) is 41.9 Å². The molecule has 0 amide bonds. The highest BCUT2D eigenvalue weighted by atomic mass is 79.9. The summed E-state index contributed by atoms with van der Waals surface area (Å²) < 4.78 is 1.22. The van der Waals surface area contributed by atoms with Gasteiger partial charge in [-0.25, -0.2) is 0 Å². The van der Waals surface area contributed by atoms with Crippen LogP contribution >= 0.6 is 15.9 Å². The molecule has 1 aliphatic carbocycles. The molecule has 0 bridgehead atoms. The van der Waals surface area contributed by atoms with Gasteiger partial charge in [-0.3, -0.25) is 0 Å². The number of halogens is 1. The van der Waals surface area contributed by atoms with Crippen LogP contribution in [0.5, 0.6) is 0 Å². The topological polar surface area (TPSA) is 20.2 Å². The first-order chi connectivity index (χ1) is 7.04. The Labute approximate surface area is 99.6 Å². The van der Waals surface area contributed by atoms with Crippen molar-refractivity contribution in [3.63, 3.8) is 0 Å². The van der Waals surface area contributed by atoms with Crippen molar-refractivity contribution in [1.29, 1.82) is 0 Å². The molecule has 0 spiro atoms. The summed E-state index contributed by atoms with van der Waals surface area (Å²) in [5.41, 5.74) is 4.02. The second-order valence-electron chi connectivity index (χ2n) is 4.99. The first-order valence-corrected chi connectivity index (χ1v) is 6.26. The van der Waals surface area contributed by atoms with Gasteiger partial charge < -0.3 is 5.11 Å². The molecule has 0 saturated heterocycles. The lowest BCUT2D eigenvalue weighted by Gasteiger charge is -2.23. The van der Waals surface area contributed by atoms with E-state index in [1.54, 1.807) is 0 Å². The lowest BCUT2D eigenvalue weighted by molar-refractivity contribution is 0.218. The molecule has 15 heavy (non-hydrogen) atoms. The van der Waals surface area contributed by atoms with Gasteiger partial charge in [-0.1, -0.05) is 35.8 Å². The lowest BCUT2D eigenvalue weighted by Crippen LogP contribution is -2.22. The zero-order valence-corrected chi connectivity index (χ0v) is 10.9. The van der Waals surface area contributed by atoms with Gasteiger partial charge in [-0.15, -0.1) is 0 Å². The van der Waals surface area contributed by atoms with Crippen LogP contribution in [0.3, 0.4) is 0 Å². The molecule has 1 aliphatic rings. The van der Waals surface area contributed by atoms with Crippen LogP contribution in [-0.2, 0) is 18.3 Å². The summed E-state index contributed by atoms with van der Waals surface area (Å²) >= 11 is 3.64. The molecule has 0 fully saturated rings. The van der Waals surface area contributed by atoms with Gasteiger partial charge in [0, 0.05) is 9.89 Å². The van der Waals surface area contributed by atoms with Crippen molar-refractivity contribution in [3.8, 4) is 0 Å². The second kappa shape index (κ2) is 3.91. The molecular weight excluding hydrogens is 252 g/mol. The number of aliphatic hydroxyl groups excluding tert-OH is 1. The minimum absolute atomic E-state index is 0.139. The molecule has 0 unspecified atom stereocenters. The quantitative estimate of drug-likeness (QED) is 0.874. The van der Waals surface area contributed by atoms with Crippen molar-refractivity contribution in [2.24, 2.45) is 0 Å². The fraction of sp³-hybridized carbons (Fsp3) is 0.538. The van der Waals surface area contributed by atoms with Gasteiger partial charge in [0.15, 0.2) is 0 Å². The van der Waals surface area contributed by atoms with Crippen molar-refractivity contribution in [2.45, 2.75) is 38.5 Å². The summed E-state index contributed by atoms with van der Waals surface area (Å²) in [5, 5.41) is 9.37. The molecule has 0 aromatic heterocycles. The maximum Gasteiger partial charge on any atom is 0.0522 e. The molecule has 0 radical (unpaired) electrons. The van der Waals surface area contributed by atoms with Crippen LogP contribution in [0.25, 0.3) is 0 Å². The lowest BCUT2D eigenvalue weighted by atomic mass is 9.84. The van der Waals surface area contributed by atoms with E-state index in [9.17, 15) is 5.11 Å². The highest BCUT2D eigenvalue weighted by Crippen LogP contribution is 2.34. The van der Waals surface area contributed by atoms with E-state index in [0.29, 0.717) is 0 Å². The van der Waals surface area contributed by atoms with Crippen molar-refractivity contribution >= 4 is 15.9 Å². The summed E-state index contributed by atoms with van der Waals surface area (Å²) in [7, 11) is 0. The number of rotatable bonds is 2. The minimum Gasteiger partial charge on any atom is -0.395 e. The van der Waals surface area contributed by atoms with E-state index in [1.807, 2.05) is 0 Å². The molecule has 82 valence electrons. The number of aliphatic hydroxyl groups is 1. The first-order valence-electron chi connectivity index (χ1n) is 5.47. The number of fused-ring (bicyclic) bond motifs is 1. The monoisotopic (exact) mass is 268 g/mol. The minimum atomic E-state index is -0.139. The van der Waals surface area contributed by atoms with Gasteiger partial charge >= 0.3 is 0 Å². The van der Waals surface area contributed by atoms with Gasteiger partial charge in [0.05, 0.1) is 6.61 Å². The summed E-state index contributed by atoms with van der Waals surface area (Å²) in [6.07, 6.45) is 3.63. The van der Waals surface area contributed by atoms with E-state index in [1.165, 1.54) is 40.4 Å².